The maximum absolute atomic E-state index is 15.5. The zero-order valence-electron chi connectivity index (χ0n) is 49.5. The molecule has 0 radical (unpaired) electrons. The second-order valence-corrected chi connectivity index (χ2v) is 20.0. The Bertz CT molecular complexity index is 4400. The van der Waals surface area contributed by atoms with Crippen LogP contribution >= 0.6 is 0 Å². The first-order valence-corrected chi connectivity index (χ1v) is 27.3. The van der Waals surface area contributed by atoms with Gasteiger partial charge >= 0.3 is 30.8 Å². The molecule has 10 aromatic rings. The molecule has 456 valence electrons. The van der Waals surface area contributed by atoms with Crippen molar-refractivity contribution in [2.24, 2.45) is 0 Å². The average Bonchev–Trinajstić information content (AvgIpc) is 1.83. The number of benzene rings is 6. The van der Waals surface area contributed by atoms with Crippen molar-refractivity contribution in [1.82, 2.24) is 29.1 Å². The summed E-state index contributed by atoms with van der Waals surface area (Å²) < 4.78 is 121. The molecule has 0 aliphatic carbocycles. The Morgan fingerprint density at radius 2 is 0.967 bits per heavy atom. The first-order valence-electron chi connectivity index (χ1n) is 27.3. The molecule has 24 heteroatoms. The van der Waals surface area contributed by atoms with Crippen LogP contribution in [0.4, 0.5) is 26.3 Å². The van der Waals surface area contributed by atoms with E-state index in [4.69, 9.17) is 34.2 Å². The molecule has 6 aromatic carbocycles. The monoisotopic (exact) mass is 1220 g/mol. The van der Waals surface area contributed by atoms with Gasteiger partial charge in [-0.2, -0.15) is 10.5 Å². The van der Waals surface area contributed by atoms with Crippen molar-refractivity contribution < 1.29 is 89.1 Å². The molecule has 0 bridgehead atoms. The Morgan fingerprint density at radius 1 is 0.544 bits per heavy atom. The maximum atomic E-state index is 15.5. The third-order valence-corrected chi connectivity index (χ3v) is 14.2. The summed E-state index contributed by atoms with van der Waals surface area (Å²) >= 11 is 0. The SMILES string of the molecule is CCOC(=O)c1cc2c(cc1C)nc(Cc1cc(F)c(-c3cccc(OCc4ccc(C#N)cc4F)n3)cc1F)n2CCOC.COCCn1c(Cc2cc(F)c(-c3cccc(OCc4ccc(C#N)cc4F)n3)cc2F)nc2cc(C)c(C(=O)O)cc21.[Li+].[OH-]. The van der Waals surface area contributed by atoms with Gasteiger partial charge in [-0.25, -0.2) is 55.9 Å². The fourth-order valence-corrected chi connectivity index (χ4v) is 9.69. The van der Waals surface area contributed by atoms with Gasteiger partial charge in [0.05, 0.1) is 87.7 Å². The number of nitriles is 2. The number of carboxylic acid groups (broad SMARTS) is 1. The van der Waals surface area contributed by atoms with Crippen LogP contribution in [0.2, 0.25) is 0 Å². The fraction of sp³-hybridized carbons (Fsp3) is 0.212. The van der Waals surface area contributed by atoms with E-state index in [9.17, 15) is 23.5 Å². The molecule has 90 heavy (non-hydrogen) atoms. The Kier molecular flexibility index (Phi) is 22.8. The number of carbonyl (C=O) groups excluding carboxylic acids is 1. The molecule has 4 heterocycles. The van der Waals surface area contributed by atoms with Crippen LogP contribution in [-0.4, -0.2) is 85.6 Å². The van der Waals surface area contributed by atoms with E-state index >= 15 is 17.6 Å². The van der Waals surface area contributed by atoms with E-state index < -0.39 is 46.8 Å². The van der Waals surface area contributed by atoms with Gasteiger partial charge in [0.25, 0.3) is 0 Å². The van der Waals surface area contributed by atoms with Gasteiger partial charge in [0.1, 0.15) is 59.8 Å². The molecule has 0 aliphatic rings. The standard InChI is InChI=1S/C34H29F3N4O4.C32H25F3N4O4.Li.H2O/c1-4-44-34(42)24-17-31-30(12-20(24)2)39-32(41(31)10-11-43-3)15-23-14-28(37)25(16-27(23)36)29-6-5-7-33(40-29)45-19-22-9-8-21(18-38)13-26(22)35;1-18-10-28-29(15-22(18)32(40)41)39(8-9-42-2)30(37-28)13-21-12-26(35)23(14-25(21)34)27-4-3-5-31(38-27)43-17-20-7-6-19(16-36)11-24(20)33;;/h5-9,12-14,16-17H,4,10-11,15,19H2,1-3H3;3-7,10-12,14-15H,8-9,13,17H2,1-2H3,(H,40,41);;1H2/q;;+1;/p-1. The summed E-state index contributed by atoms with van der Waals surface area (Å²) in [6.07, 6.45) is -0.0857. The van der Waals surface area contributed by atoms with Crippen molar-refractivity contribution in [2.75, 3.05) is 34.0 Å². The number of rotatable bonds is 21. The zero-order chi connectivity index (χ0) is 62.8. The fourth-order valence-electron chi connectivity index (χ4n) is 9.69. The van der Waals surface area contributed by atoms with Crippen LogP contribution in [-0.2, 0) is 53.4 Å². The number of carbonyl (C=O) groups is 2. The number of aromatic nitrogens is 6. The second kappa shape index (κ2) is 30.4. The van der Waals surface area contributed by atoms with Crippen molar-refractivity contribution in [3.63, 3.8) is 0 Å². The van der Waals surface area contributed by atoms with Gasteiger partial charge in [-0.3, -0.25) is 0 Å². The summed E-state index contributed by atoms with van der Waals surface area (Å²) in [5, 5.41) is 27.4. The molecular formula is C66H55F6LiN8O9. The predicted molar refractivity (Wildman–Crippen MR) is 313 cm³/mol. The first kappa shape index (κ1) is 67.6. The second-order valence-electron chi connectivity index (χ2n) is 20.0. The van der Waals surface area contributed by atoms with E-state index in [2.05, 4.69) is 19.9 Å². The quantitative estimate of drug-likeness (QED) is 0.0400. The number of imidazole rings is 2. The molecule has 0 saturated carbocycles. The Balaban J connectivity index is 0.000000251. The van der Waals surface area contributed by atoms with Crippen molar-refractivity contribution in [2.45, 2.75) is 59.9 Å². The normalized spacial score (nSPS) is 10.8. The minimum atomic E-state index is -1.08. The predicted octanol–water partition coefficient (Wildman–Crippen LogP) is 9.73. The summed E-state index contributed by atoms with van der Waals surface area (Å²) in [4.78, 5) is 42.0. The molecule has 0 saturated heterocycles. The number of hydrogen-bond acceptors (Lipinski definition) is 14. The summed E-state index contributed by atoms with van der Waals surface area (Å²) in [6, 6.07) is 31.9. The first-order chi connectivity index (χ1) is 42.4. The van der Waals surface area contributed by atoms with Crippen LogP contribution in [0, 0.1) is 71.4 Å². The van der Waals surface area contributed by atoms with Crippen molar-refractivity contribution >= 4 is 34.0 Å². The molecule has 0 amide bonds. The number of carboxylic acids is 1. The van der Waals surface area contributed by atoms with Gasteiger partial charge in [0.2, 0.25) is 11.8 Å². The van der Waals surface area contributed by atoms with Crippen LogP contribution < -0.4 is 28.3 Å². The van der Waals surface area contributed by atoms with Gasteiger partial charge in [0, 0.05) is 74.5 Å². The molecule has 4 aromatic heterocycles. The number of nitrogens with zero attached hydrogens (tertiary/aromatic N) is 8. The van der Waals surface area contributed by atoms with Gasteiger partial charge in [0.15, 0.2) is 0 Å². The van der Waals surface area contributed by atoms with E-state index in [0.29, 0.717) is 76.7 Å². The van der Waals surface area contributed by atoms with Crippen LogP contribution in [0.5, 0.6) is 11.8 Å². The minimum absolute atomic E-state index is 0. The van der Waals surface area contributed by atoms with Crippen LogP contribution in [0.25, 0.3) is 44.6 Å². The van der Waals surface area contributed by atoms with E-state index in [1.807, 2.05) is 16.7 Å². The number of methoxy groups -OCH3 is 2. The number of halogens is 6. The molecule has 2 N–H and O–H groups in total. The van der Waals surface area contributed by atoms with E-state index in [1.165, 1.54) is 61.7 Å². The molecule has 10 rings (SSSR count). The van der Waals surface area contributed by atoms with Crippen LogP contribution in [0.15, 0.2) is 121 Å². The summed E-state index contributed by atoms with van der Waals surface area (Å²) in [7, 11) is 3.08. The van der Waals surface area contributed by atoms with Gasteiger partial charge < -0.3 is 43.4 Å². The minimum Gasteiger partial charge on any atom is -0.870 e. The van der Waals surface area contributed by atoms with Crippen molar-refractivity contribution in [3.05, 3.63) is 224 Å². The average molecular weight is 1230 g/mol. The molecule has 0 spiro atoms. The maximum Gasteiger partial charge on any atom is 1.00 e. The third kappa shape index (κ3) is 15.5. The van der Waals surface area contributed by atoms with E-state index in [1.54, 1.807) is 62.8 Å². The summed E-state index contributed by atoms with van der Waals surface area (Å²) in [5.41, 5.74) is 5.07. The van der Waals surface area contributed by atoms with Crippen LogP contribution in [0.1, 0.15) is 83.8 Å². The molecule has 0 unspecified atom stereocenters. The topological polar surface area (TPSA) is 240 Å². The van der Waals surface area contributed by atoms with Gasteiger partial charge in [-0.1, -0.05) is 24.3 Å². The summed E-state index contributed by atoms with van der Waals surface area (Å²) in [5.74, 6) is -4.44. The largest absolute Gasteiger partial charge is 1.00 e. The Morgan fingerprint density at radius 3 is 1.37 bits per heavy atom. The van der Waals surface area contributed by atoms with Gasteiger partial charge in [-0.15, -0.1) is 0 Å². The molecule has 0 fully saturated rings. The number of hydrogen-bond donors (Lipinski definition) is 1. The third-order valence-electron chi connectivity index (χ3n) is 14.2. The number of pyridine rings is 2. The van der Waals surface area contributed by atoms with E-state index in [-0.39, 0.29) is 130 Å². The number of esters is 1. The van der Waals surface area contributed by atoms with Gasteiger partial charge in [-0.05, 0) is 128 Å². The number of aromatic carboxylic acids is 1. The molecule has 17 nitrogen and oxygen atoms in total. The number of fused-ring (bicyclic) bond motifs is 2. The Hall–Kier alpha value is -9.86. The molecule has 0 atom stereocenters. The zero-order valence-corrected chi connectivity index (χ0v) is 49.5. The van der Waals surface area contributed by atoms with E-state index in [0.717, 1.165) is 36.4 Å². The smallest absolute Gasteiger partial charge is 0.870 e. The Labute approximate surface area is 524 Å². The molecular weight excluding hydrogens is 1170 g/mol. The molecule has 0 aliphatic heterocycles. The van der Waals surface area contributed by atoms with Crippen molar-refractivity contribution in [1.29, 1.82) is 10.5 Å². The number of aryl methyl sites for hydroxylation is 2. The summed E-state index contributed by atoms with van der Waals surface area (Å²) in [6.45, 7) is 6.40. The van der Waals surface area contributed by atoms with Crippen molar-refractivity contribution in [3.8, 4) is 46.4 Å². The number of ether oxygens (including phenoxy) is 5. The van der Waals surface area contributed by atoms with Crippen LogP contribution in [0.3, 0.4) is 0 Å².